The molecule has 7 nitrogen and oxygen atoms in total. The smallest absolute Gasteiger partial charge is 0.224 e. The Bertz CT molecular complexity index is 803. The van der Waals surface area contributed by atoms with Crippen molar-refractivity contribution >= 4 is 17.0 Å². The average molecular weight is 327 g/mol. The number of ether oxygens (including phenoxy) is 2. The number of nitrogens with one attached hydrogen (secondary N) is 1. The van der Waals surface area contributed by atoms with Crippen LogP contribution in [-0.4, -0.2) is 53.2 Å². The molecule has 2 aromatic heterocycles. The van der Waals surface area contributed by atoms with E-state index in [0.717, 1.165) is 16.7 Å². The normalized spacial score (nSPS) is 11.1. The molecule has 0 radical (unpaired) electrons. The molecular weight excluding hydrogens is 306 g/mol. The van der Waals surface area contributed by atoms with Crippen LogP contribution < -0.4 is 5.32 Å². The SMILES string of the molecule is COCCOCCNc1ncc2cnn(-c3cccc(C)c3)c2n1. The van der Waals surface area contributed by atoms with Crippen molar-refractivity contribution in [2.75, 3.05) is 38.8 Å². The fraction of sp³-hybridized carbons (Fsp3) is 0.353. The molecule has 126 valence electrons. The number of hydrogen-bond donors (Lipinski definition) is 1. The van der Waals surface area contributed by atoms with Crippen molar-refractivity contribution in [2.45, 2.75) is 6.92 Å². The van der Waals surface area contributed by atoms with Gasteiger partial charge >= 0.3 is 0 Å². The van der Waals surface area contributed by atoms with Gasteiger partial charge in [0.1, 0.15) is 0 Å². The van der Waals surface area contributed by atoms with Gasteiger partial charge in [-0.1, -0.05) is 12.1 Å². The summed E-state index contributed by atoms with van der Waals surface area (Å²) >= 11 is 0. The minimum Gasteiger partial charge on any atom is -0.382 e. The Morgan fingerprint density at radius 2 is 2.08 bits per heavy atom. The van der Waals surface area contributed by atoms with E-state index in [-0.39, 0.29) is 0 Å². The van der Waals surface area contributed by atoms with Gasteiger partial charge in [0.2, 0.25) is 5.95 Å². The van der Waals surface area contributed by atoms with Crippen LogP contribution in [0.15, 0.2) is 36.7 Å². The maximum atomic E-state index is 5.41. The quantitative estimate of drug-likeness (QED) is 0.639. The van der Waals surface area contributed by atoms with Gasteiger partial charge in [-0.25, -0.2) is 9.67 Å². The van der Waals surface area contributed by atoms with E-state index in [1.807, 2.05) is 16.8 Å². The Morgan fingerprint density at radius 3 is 2.92 bits per heavy atom. The number of methoxy groups -OCH3 is 1. The lowest BCUT2D eigenvalue weighted by molar-refractivity contribution is 0.0759. The molecule has 0 aliphatic heterocycles. The summed E-state index contributed by atoms with van der Waals surface area (Å²) in [6.07, 6.45) is 3.55. The lowest BCUT2D eigenvalue weighted by Crippen LogP contribution is -2.13. The Labute approximate surface area is 140 Å². The maximum Gasteiger partial charge on any atom is 0.224 e. The highest BCUT2D eigenvalue weighted by molar-refractivity contribution is 5.76. The largest absolute Gasteiger partial charge is 0.382 e. The van der Waals surface area contributed by atoms with Crippen LogP contribution in [0.5, 0.6) is 0 Å². The van der Waals surface area contributed by atoms with Gasteiger partial charge in [-0.05, 0) is 24.6 Å². The summed E-state index contributed by atoms with van der Waals surface area (Å²) in [6, 6.07) is 8.15. The number of aromatic nitrogens is 4. The van der Waals surface area contributed by atoms with Gasteiger partial charge in [0, 0.05) is 19.9 Å². The molecule has 0 saturated heterocycles. The van der Waals surface area contributed by atoms with E-state index in [9.17, 15) is 0 Å². The molecule has 1 N–H and O–H groups in total. The third kappa shape index (κ3) is 3.87. The highest BCUT2D eigenvalue weighted by atomic mass is 16.5. The van der Waals surface area contributed by atoms with Crippen LogP contribution in [0.3, 0.4) is 0 Å². The van der Waals surface area contributed by atoms with E-state index < -0.39 is 0 Å². The van der Waals surface area contributed by atoms with Gasteiger partial charge in [-0.15, -0.1) is 0 Å². The van der Waals surface area contributed by atoms with Gasteiger partial charge in [-0.3, -0.25) is 0 Å². The van der Waals surface area contributed by atoms with E-state index in [0.29, 0.717) is 32.3 Å². The summed E-state index contributed by atoms with van der Waals surface area (Å²) in [6.45, 7) is 4.44. The maximum absolute atomic E-state index is 5.41. The van der Waals surface area contributed by atoms with Crippen molar-refractivity contribution < 1.29 is 9.47 Å². The Hall–Kier alpha value is -2.51. The molecule has 0 fully saturated rings. The van der Waals surface area contributed by atoms with Crippen LogP contribution in [0, 0.1) is 6.92 Å². The molecule has 7 heteroatoms. The third-order valence-electron chi connectivity index (χ3n) is 3.52. The van der Waals surface area contributed by atoms with Crippen LogP contribution in [0.1, 0.15) is 5.56 Å². The molecule has 0 aliphatic rings. The zero-order valence-corrected chi connectivity index (χ0v) is 13.9. The van der Waals surface area contributed by atoms with Gasteiger partial charge < -0.3 is 14.8 Å². The summed E-state index contributed by atoms with van der Waals surface area (Å²) in [5.74, 6) is 0.562. The molecule has 0 aliphatic carbocycles. The zero-order chi connectivity index (χ0) is 16.8. The molecule has 0 atom stereocenters. The number of nitrogens with zero attached hydrogens (tertiary/aromatic N) is 4. The minimum absolute atomic E-state index is 0.562. The fourth-order valence-electron chi connectivity index (χ4n) is 2.33. The van der Waals surface area contributed by atoms with Gasteiger partial charge in [-0.2, -0.15) is 10.1 Å². The lowest BCUT2D eigenvalue weighted by atomic mass is 10.2. The number of rotatable bonds is 8. The van der Waals surface area contributed by atoms with E-state index >= 15 is 0 Å². The van der Waals surface area contributed by atoms with Crippen LogP contribution in [0.25, 0.3) is 16.7 Å². The zero-order valence-electron chi connectivity index (χ0n) is 13.9. The second-order valence-electron chi connectivity index (χ2n) is 5.40. The van der Waals surface area contributed by atoms with Crippen molar-refractivity contribution in [3.8, 4) is 5.69 Å². The summed E-state index contributed by atoms with van der Waals surface area (Å²) in [7, 11) is 1.65. The summed E-state index contributed by atoms with van der Waals surface area (Å²) < 4.78 is 12.2. The Kier molecular flexibility index (Phi) is 5.35. The standard InChI is InChI=1S/C17H21N5O2/c1-13-4-3-5-15(10-13)22-16-14(12-20-22)11-19-17(21-16)18-6-7-24-9-8-23-2/h3-5,10-12H,6-9H2,1-2H3,(H,18,19,21). The second-order valence-corrected chi connectivity index (χ2v) is 5.40. The summed E-state index contributed by atoms with van der Waals surface area (Å²) in [5.41, 5.74) is 2.94. The number of benzene rings is 1. The molecular formula is C17H21N5O2. The Morgan fingerprint density at radius 1 is 1.17 bits per heavy atom. The number of anilines is 1. The summed E-state index contributed by atoms with van der Waals surface area (Å²) in [4.78, 5) is 8.88. The van der Waals surface area contributed by atoms with Gasteiger partial charge in [0.05, 0.1) is 37.1 Å². The van der Waals surface area contributed by atoms with E-state index in [1.165, 1.54) is 5.56 Å². The van der Waals surface area contributed by atoms with Gasteiger partial charge in [0.15, 0.2) is 5.65 Å². The first-order valence-electron chi connectivity index (χ1n) is 7.86. The Balaban J connectivity index is 1.72. The van der Waals surface area contributed by atoms with Crippen molar-refractivity contribution in [1.29, 1.82) is 0 Å². The number of fused-ring (bicyclic) bond motifs is 1. The van der Waals surface area contributed by atoms with Crippen LogP contribution in [-0.2, 0) is 9.47 Å². The molecule has 3 rings (SSSR count). The first kappa shape index (κ1) is 16.4. The molecule has 0 bridgehead atoms. The van der Waals surface area contributed by atoms with Crippen molar-refractivity contribution in [3.05, 3.63) is 42.2 Å². The molecule has 0 unspecified atom stereocenters. The van der Waals surface area contributed by atoms with Crippen molar-refractivity contribution in [3.63, 3.8) is 0 Å². The van der Waals surface area contributed by atoms with E-state index in [1.54, 1.807) is 19.5 Å². The number of hydrogen-bond acceptors (Lipinski definition) is 6. The molecule has 2 heterocycles. The predicted octanol–water partition coefficient (Wildman–Crippen LogP) is 2.20. The van der Waals surface area contributed by atoms with Gasteiger partial charge in [0.25, 0.3) is 0 Å². The van der Waals surface area contributed by atoms with Crippen LogP contribution in [0.4, 0.5) is 5.95 Å². The molecule has 0 spiro atoms. The second kappa shape index (κ2) is 7.85. The number of aryl methyl sites for hydroxylation is 1. The lowest BCUT2D eigenvalue weighted by Gasteiger charge is -2.07. The fourth-order valence-corrected chi connectivity index (χ4v) is 2.33. The van der Waals surface area contributed by atoms with Crippen LogP contribution in [0.2, 0.25) is 0 Å². The topological polar surface area (TPSA) is 74.1 Å². The third-order valence-corrected chi connectivity index (χ3v) is 3.52. The first-order valence-corrected chi connectivity index (χ1v) is 7.86. The molecule has 24 heavy (non-hydrogen) atoms. The van der Waals surface area contributed by atoms with E-state index in [2.05, 4.69) is 39.4 Å². The highest BCUT2D eigenvalue weighted by Crippen LogP contribution is 2.17. The minimum atomic E-state index is 0.562. The monoisotopic (exact) mass is 327 g/mol. The highest BCUT2D eigenvalue weighted by Gasteiger charge is 2.08. The molecule has 3 aromatic rings. The van der Waals surface area contributed by atoms with E-state index in [4.69, 9.17) is 9.47 Å². The van der Waals surface area contributed by atoms with Crippen molar-refractivity contribution in [1.82, 2.24) is 19.7 Å². The molecule has 0 amide bonds. The molecule has 1 aromatic carbocycles. The average Bonchev–Trinajstić information content (AvgIpc) is 3.01. The van der Waals surface area contributed by atoms with Crippen molar-refractivity contribution in [2.24, 2.45) is 0 Å². The summed E-state index contributed by atoms with van der Waals surface area (Å²) in [5, 5.41) is 8.49. The predicted molar refractivity (Wildman–Crippen MR) is 92.6 cm³/mol. The first-order chi connectivity index (χ1) is 11.8. The molecule has 0 saturated carbocycles. The van der Waals surface area contributed by atoms with Crippen LogP contribution >= 0.6 is 0 Å².